The van der Waals surface area contributed by atoms with Crippen molar-refractivity contribution in [2.45, 2.75) is 32.1 Å². The molecule has 0 saturated heterocycles. The third-order valence-corrected chi connectivity index (χ3v) is 4.21. The molecule has 1 atom stereocenters. The van der Waals surface area contributed by atoms with Gasteiger partial charge in [0.1, 0.15) is 5.76 Å². The van der Waals surface area contributed by atoms with Gasteiger partial charge in [-0.1, -0.05) is 28.9 Å². The Hall–Kier alpha value is -1.81. The molecule has 2 aromatic rings. The normalized spacial score (nSPS) is 15.5. The molecule has 1 aliphatic rings. The van der Waals surface area contributed by atoms with Crippen molar-refractivity contribution >= 4 is 17.5 Å². The molecule has 0 spiro atoms. The number of carbonyl (C=O) groups is 1. The molecule has 1 aliphatic carbocycles. The fourth-order valence-corrected chi connectivity index (χ4v) is 2.82. The number of carbonyl (C=O) groups excluding carboxylic acids is 1. The molecule has 1 unspecified atom stereocenters. The van der Waals surface area contributed by atoms with Gasteiger partial charge >= 0.3 is 0 Å². The number of rotatable bonds is 6. The van der Waals surface area contributed by atoms with Crippen molar-refractivity contribution in [3.63, 3.8) is 0 Å². The number of aromatic nitrogens is 1. The van der Waals surface area contributed by atoms with E-state index in [4.69, 9.17) is 16.1 Å². The first-order valence-corrected chi connectivity index (χ1v) is 7.96. The van der Waals surface area contributed by atoms with Crippen LogP contribution in [0.25, 0.3) is 0 Å². The summed E-state index contributed by atoms with van der Waals surface area (Å²) in [5, 5.41) is 7.65. The van der Waals surface area contributed by atoms with Gasteiger partial charge in [0.2, 0.25) is 5.91 Å². The molecule has 1 amide bonds. The van der Waals surface area contributed by atoms with Gasteiger partial charge in [-0.3, -0.25) is 4.79 Å². The van der Waals surface area contributed by atoms with Gasteiger partial charge in [0.25, 0.3) is 0 Å². The second-order valence-electron chi connectivity index (χ2n) is 5.84. The summed E-state index contributed by atoms with van der Waals surface area (Å²) in [6.07, 6.45) is 2.91. The number of nitrogens with zero attached hydrogens (tertiary/aromatic N) is 1. The lowest BCUT2D eigenvalue weighted by atomic mass is 9.93. The van der Waals surface area contributed by atoms with E-state index >= 15 is 0 Å². The molecule has 4 nitrogen and oxygen atoms in total. The Kier molecular flexibility index (Phi) is 4.48. The molecule has 22 heavy (non-hydrogen) atoms. The molecule has 0 aliphatic heterocycles. The number of hydrogen-bond acceptors (Lipinski definition) is 3. The fraction of sp³-hybridized carbons (Fsp3) is 0.412. The van der Waals surface area contributed by atoms with Gasteiger partial charge in [0, 0.05) is 24.1 Å². The average Bonchev–Trinajstić information content (AvgIpc) is 3.24. The monoisotopic (exact) mass is 318 g/mol. The first-order chi connectivity index (χ1) is 10.6. The van der Waals surface area contributed by atoms with E-state index in [2.05, 4.69) is 10.5 Å². The number of benzene rings is 1. The SMILES string of the molecule is Cc1cc(CCNC(=O)C(c2ccc(Cl)cc2)C2CC2)no1. The van der Waals surface area contributed by atoms with E-state index < -0.39 is 0 Å². The Labute approximate surface area is 134 Å². The number of nitrogens with one attached hydrogen (secondary N) is 1. The van der Waals surface area contributed by atoms with E-state index in [1.807, 2.05) is 37.3 Å². The van der Waals surface area contributed by atoms with Crippen LogP contribution in [0.5, 0.6) is 0 Å². The third-order valence-electron chi connectivity index (χ3n) is 3.96. The highest BCUT2D eigenvalue weighted by atomic mass is 35.5. The van der Waals surface area contributed by atoms with Crippen LogP contribution in [0, 0.1) is 12.8 Å². The molecule has 1 N–H and O–H groups in total. The van der Waals surface area contributed by atoms with Crippen molar-refractivity contribution in [3.05, 3.63) is 52.4 Å². The van der Waals surface area contributed by atoms with Crippen LogP contribution < -0.4 is 5.32 Å². The molecule has 5 heteroatoms. The molecular weight excluding hydrogens is 300 g/mol. The zero-order chi connectivity index (χ0) is 15.5. The molecule has 0 radical (unpaired) electrons. The van der Waals surface area contributed by atoms with Gasteiger partial charge in [-0.2, -0.15) is 0 Å². The zero-order valence-corrected chi connectivity index (χ0v) is 13.3. The zero-order valence-electron chi connectivity index (χ0n) is 12.5. The first kappa shape index (κ1) is 15.1. The highest BCUT2D eigenvalue weighted by Gasteiger charge is 2.37. The predicted molar refractivity (Wildman–Crippen MR) is 84.9 cm³/mol. The van der Waals surface area contributed by atoms with Gasteiger partial charge in [0.15, 0.2) is 0 Å². The Morgan fingerprint density at radius 3 is 2.73 bits per heavy atom. The maximum atomic E-state index is 12.5. The smallest absolute Gasteiger partial charge is 0.227 e. The van der Waals surface area contributed by atoms with Crippen LogP contribution in [0.15, 0.2) is 34.9 Å². The largest absolute Gasteiger partial charge is 0.361 e. The topological polar surface area (TPSA) is 55.1 Å². The van der Waals surface area contributed by atoms with Crippen molar-refractivity contribution in [2.75, 3.05) is 6.54 Å². The Morgan fingerprint density at radius 2 is 2.14 bits per heavy atom. The van der Waals surface area contributed by atoms with Crippen LogP contribution in [-0.2, 0) is 11.2 Å². The standard InChI is InChI=1S/C17H19ClN2O2/c1-11-10-15(20-22-11)8-9-19-17(21)16(12-2-3-12)13-4-6-14(18)7-5-13/h4-7,10,12,16H,2-3,8-9H2,1H3,(H,19,21). The van der Waals surface area contributed by atoms with Crippen molar-refractivity contribution in [1.29, 1.82) is 0 Å². The van der Waals surface area contributed by atoms with Crippen LogP contribution in [0.2, 0.25) is 5.02 Å². The maximum absolute atomic E-state index is 12.5. The number of amides is 1. The van der Waals surface area contributed by atoms with Crippen molar-refractivity contribution < 1.29 is 9.32 Å². The predicted octanol–water partition coefficient (Wildman–Crippen LogP) is 3.49. The molecule has 3 rings (SSSR count). The molecular formula is C17H19ClN2O2. The maximum Gasteiger partial charge on any atom is 0.227 e. The lowest BCUT2D eigenvalue weighted by Crippen LogP contribution is -2.32. The second kappa shape index (κ2) is 6.53. The minimum atomic E-state index is -0.0729. The molecule has 1 aromatic carbocycles. The Bertz CT molecular complexity index is 647. The van der Waals surface area contributed by atoms with Gasteiger partial charge in [0.05, 0.1) is 11.6 Å². The quantitative estimate of drug-likeness (QED) is 0.887. The molecule has 1 heterocycles. The van der Waals surface area contributed by atoms with Crippen LogP contribution in [0.3, 0.4) is 0 Å². The van der Waals surface area contributed by atoms with Crippen molar-refractivity contribution in [1.82, 2.24) is 10.5 Å². The molecule has 0 bridgehead atoms. The van der Waals surface area contributed by atoms with Gasteiger partial charge in [-0.25, -0.2) is 0 Å². The summed E-state index contributed by atoms with van der Waals surface area (Å²) in [6, 6.07) is 9.48. The summed E-state index contributed by atoms with van der Waals surface area (Å²) >= 11 is 5.93. The highest BCUT2D eigenvalue weighted by molar-refractivity contribution is 6.30. The lowest BCUT2D eigenvalue weighted by molar-refractivity contribution is -0.123. The third kappa shape index (κ3) is 3.69. The van der Waals surface area contributed by atoms with Crippen LogP contribution in [0.4, 0.5) is 0 Å². The molecule has 1 saturated carbocycles. The summed E-state index contributed by atoms with van der Waals surface area (Å²) in [5.74, 6) is 1.26. The molecule has 1 fully saturated rings. The van der Waals surface area contributed by atoms with Crippen LogP contribution in [0.1, 0.15) is 35.8 Å². The minimum absolute atomic E-state index is 0.0729. The van der Waals surface area contributed by atoms with E-state index in [9.17, 15) is 4.79 Å². The van der Waals surface area contributed by atoms with E-state index in [0.29, 0.717) is 23.9 Å². The fourth-order valence-electron chi connectivity index (χ4n) is 2.70. The van der Waals surface area contributed by atoms with E-state index in [0.717, 1.165) is 29.9 Å². The molecule has 116 valence electrons. The molecule has 1 aromatic heterocycles. The highest BCUT2D eigenvalue weighted by Crippen LogP contribution is 2.42. The summed E-state index contributed by atoms with van der Waals surface area (Å²) < 4.78 is 5.02. The van der Waals surface area contributed by atoms with E-state index in [1.54, 1.807) is 0 Å². The van der Waals surface area contributed by atoms with Gasteiger partial charge < -0.3 is 9.84 Å². The summed E-state index contributed by atoms with van der Waals surface area (Å²) in [7, 11) is 0. The number of hydrogen-bond donors (Lipinski definition) is 1. The first-order valence-electron chi connectivity index (χ1n) is 7.59. The van der Waals surface area contributed by atoms with Crippen molar-refractivity contribution in [2.24, 2.45) is 5.92 Å². The Morgan fingerprint density at radius 1 is 1.41 bits per heavy atom. The van der Waals surface area contributed by atoms with Gasteiger partial charge in [-0.05, 0) is 43.4 Å². The van der Waals surface area contributed by atoms with Crippen molar-refractivity contribution in [3.8, 4) is 0 Å². The number of aryl methyl sites for hydroxylation is 1. The number of halogens is 1. The van der Waals surface area contributed by atoms with Gasteiger partial charge in [-0.15, -0.1) is 0 Å². The Balaban J connectivity index is 1.59. The second-order valence-corrected chi connectivity index (χ2v) is 6.27. The average molecular weight is 319 g/mol. The lowest BCUT2D eigenvalue weighted by Gasteiger charge is -2.16. The summed E-state index contributed by atoms with van der Waals surface area (Å²) in [5.41, 5.74) is 1.91. The van der Waals surface area contributed by atoms with E-state index in [-0.39, 0.29) is 11.8 Å². The van der Waals surface area contributed by atoms with Crippen LogP contribution >= 0.6 is 11.6 Å². The summed E-state index contributed by atoms with van der Waals surface area (Å²) in [6.45, 7) is 2.43. The van der Waals surface area contributed by atoms with Crippen LogP contribution in [-0.4, -0.2) is 17.6 Å². The van der Waals surface area contributed by atoms with E-state index in [1.165, 1.54) is 0 Å². The summed E-state index contributed by atoms with van der Waals surface area (Å²) in [4.78, 5) is 12.5. The minimum Gasteiger partial charge on any atom is -0.361 e.